The number of furan rings is 1. The Morgan fingerprint density at radius 2 is 2.55 bits per heavy atom. The predicted octanol–water partition coefficient (Wildman–Crippen LogP) is 1.58. The summed E-state index contributed by atoms with van der Waals surface area (Å²) < 4.78 is 5.17. The first-order valence-electron chi connectivity index (χ1n) is 3.26. The van der Waals surface area contributed by atoms with Gasteiger partial charge in [-0.05, 0) is 13.0 Å². The molecule has 0 aliphatic rings. The van der Waals surface area contributed by atoms with Gasteiger partial charge in [0.1, 0.15) is 11.5 Å². The molecule has 11 heavy (non-hydrogen) atoms. The maximum absolute atomic E-state index is 10.3. The van der Waals surface area contributed by atoms with Gasteiger partial charge in [0.05, 0.1) is 12.0 Å². The lowest BCUT2D eigenvalue weighted by molar-refractivity contribution is 0.112. The van der Waals surface area contributed by atoms with Gasteiger partial charge in [-0.25, -0.2) is 0 Å². The topological polar surface area (TPSA) is 30.2 Å². The molecule has 1 rings (SSSR count). The number of carbonyl (C=O) groups excluding carboxylic acids is 1. The summed E-state index contributed by atoms with van der Waals surface area (Å²) in [4.78, 5) is 10.3. The smallest absolute Gasteiger partial charge is 0.153 e. The highest BCUT2D eigenvalue weighted by Crippen LogP contribution is 2.12. The lowest BCUT2D eigenvalue weighted by Gasteiger charge is -1.83. The molecule has 2 nitrogen and oxygen atoms in total. The zero-order chi connectivity index (χ0) is 8.27. The molecule has 0 fully saturated rings. The number of aldehydes is 1. The Hall–Kier alpha value is -1.49. The van der Waals surface area contributed by atoms with E-state index >= 15 is 0 Å². The maximum atomic E-state index is 10.3. The molecule has 0 aromatic carbocycles. The summed E-state index contributed by atoms with van der Waals surface area (Å²) in [5, 5.41) is 0. The Labute approximate surface area is 65.2 Å². The van der Waals surface area contributed by atoms with Crippen LogP contribution in [0.25, 0.3) is 0 Å². The summed E-state index contributed by atoms with van der Waals surface area (Å²) in [6, 6.07) is 1.67. The van der Waals surface area contributed by atoms with Crippen molar-refractivity contribution < 1.29 is 9.21 Å². The summed E-state index contributed by atoms with van der Waals surface area (Å²) in [6.45, 7) is 1.74. The first-order chi connectivity index (χ1) is 5.27. The molecule has 0 aliphatic carbocycles. The molecule has 0 radical (unpaired) electrons. The Morgan fingerprint density at radius 1 is 1.82 bits per heavy atom. The van der Waals surface area contributed by atoms with Crippen molar-refractivity contribution in [3.05, 3.63) is 23.2 Å². The van der Waals surface area contributed by atoms with Crippen LogP contribution in [0.5, 0.6) is 0 Å². The minimum atomic E-state index is 0.439. The highest BCUT2D eigenvalue weighted by Gasteiger charge is 2.03. The molecule has 0 N–H and O–H groups in total. The lowest BCUT2D eigenvalue weighted by Crippen LogP contribution is -1.75. The van der Waals surface area contributed by atoms with Gasteiger partial charge in [0, 0.05) is 0 Å². The summed E-state index contributed by atoms with van der Waals surface area (Å²) in [5.74, 6) is 3.74. The van der Waals surface area contributed by atoms with Gasteiger partial charge in [-0.1, -0.05) is 5.92 Å². The molecule has 1 heterocycles. The summed E-state index contributed by atoms with van der Waals surface area (Å²) in [5.41, 5.74) is 0.579. The van der Waals surface area contributed by atoms with E-state index in [1.807, 2.05) is 0 Å². The van der Waals surface area contributed by atoms with Crippen molar-refractivity contribution in [1.82, 2.24) is 0 Å². The Bertz CT molecular complexity index is 302. The molecule has 0 saturated carbocycles. The number of hydrogen-bond donors (Lipinski definition) is 0. The van der Waals surface area contributed by atoms with Crippen LogP contribution in [-0.4, -0.2) is 6.29 Å². The number of carbonyl (C=O) groups is 1. The highest BCUT2D eigenvalue weighted by atomic mass is 16.3. The molecule has 0 atom stereocenters. The Balaban J connectivity index is 2.97. The summed E-state index contributed by atoms with van der Waals surface area (Å²) in [6.07, 6.45) is 6.26. The van der Waals surface area contributed by atoms with Gasteiger partial charge < -0.3 is 4.42 Å². The zero-order valence-electron chi connectivity index (χ0n) is 6.26. The fraction of sp³-hybridized carbons (Fsp3) is 0.222. The third-order valence-corrected chi connectivity index (χ3v) is 1.41. The molecule has 0 spiro atoms. The summed E-state index contributed by atoms with van der Waals surface area (Å²) >= 11 is 0. The molecule has 0 amide bonds. The van der Waals surface area contributed by atoms with E-state index in [-0.39, 0.29) is 0 Å². The van der Waals surface area contributed by atoms with E-state index in [1.165, 1.54) is 0 Å². The van der Waals surface area contributed by atoms with Crippen LogP contribution in [0.1, 0.15) is 21.9 Å². The molecule has 2 heteroatoms. The molecular weight excluding hydrogens is 140 g/mol. The maximum Gasteiger partial charge on any atom is 0.153 e. The molecule has 0 bridgehead atoms. The van der Waals surface area contributed by atoms with Gasteiger partial charge in [0.2, 0.25) is 0 Å². The van der Waals surface area contributed by atoms with Gasteiger partial charge in [-0.15, -0.1) is 6.42 Å². The van der Waals surface area contributed by atoms with E-state index in [0.29, 0.717) is 23.5 Å². The third-order valence-electron chi connectivity index (χ3n) is 1.41. The van der Waals surface area contributed by atoms with Crippen LogP contribution < -0.4 is 0 Å². The predicted molar refractivity (Wildman–Crippen MR) is 41.4 cm³/mol. The normalized spacial score (nSPS) is 9.09. The van der Waals surface area contributed by atoms with Crippen molar-refractivity contribution in [3.63, 3.8) is 0 Å². The number of rotatable bonds is 2. The van der Waals surface area contributed by atoms with E-state index in [0.717, 1.165) is 6.29 Å². The van der Waals surface area contributed by atoms with Crippen molar-refractivity contribution in [2.75, 3.05) is 0 Å². The average molecular weight is 148 g/mol. The van der Waals surface area contributed by atoms with Crippen molar-refractivity contribution in [1.29, 1.82) is 0 Å². The highest BCUT2D eigenvalue weighted by molar-refractivity contribution is 5.76. The number of aryl methyl sites for hydroxylation is 1. The second kappa shape index (κ2) is 3.07. The second-order valence-electron chi connectivity index (χ2n) is 2.22. The molecule has 56 valence electrons. The monoisotopic (exact) mass is 148 g/mol. The Kier molecular flexibility index (Phi) is 2.12. The summed E-state index contributed by atoms with van der Waals surface area (Å²) in [7, 11) is 0. The van der Waals surface area contributed by atoms with E-state index in [4.69, 9.17) is 10.8 Å². The SMILES string of the molecule is C#CCc1cc(C=O)c(C)o1. The minimum absolute atomic E-state index is 0.439. The molecule has 0 unspecified atom stereocenters. The number of hydrogen-bond acceptors (Lipinski definition) is 2. The van der Waals surface area contributed by atoms with E-state index in [1.54, 1.807) is 13.0 Å². The first-order valence-corrected chi connectivity index (χ1v) is 3.26. The standard InChI is InChI=1S/C9H8O2/c1-3-4-9-5-8(6-10)7(2)11-9/h1,5-6H,4H2,2H3. The second-order valence-corrected chi connectivity index (χ2v) is 2.22. The molecule has 0 saturated heterocycles. The zero-order valence-corrected chi connectivity index (χ0v) is 6.26. The largest absolute Gasteiger partial charge is 0.465 e. The molecule has 0 aliphatic heterocycles. The van der Waals surface area contributed by atoms with E-state index in [9.17, 15) is 4.79 Å². The number of terminal acetylenes is 1. The van der Waals surface area contributed by atoms with Crippen LogP contribution >= 0.6 is 0 Å². The third kappa shape index (κ3) is 1.50. The molecular formula is C9H8O2. The van der Waals surface area contributed by atoms with E-state index in [2.05, 4.69) is 5.92 Å². The fourth-order valence-corrected chi connectivity index (χ4v) is 0.865. The quantitative estimate of drug-likeness (QED) is 0.470. The van der Waals surface area contributed by atoms with Crippen LogP contribution in [0.4, 0.5) is 0 Å². The minimum Gasteiger partial charge on any atom is -0.465 e. The van der Waals surface area contributed by atoms with Crippen molar-refractivity contribution in [2.45, 2.75) is 13.3 Å². The Morgan fingerprint density at radius 3 is 3.00 bits per heavy atom. The van der Waals surface area contributed by atoms with Crippen LogP contribution in [0.2, 0.25) is 0 Å². The van der Waals surface area contributed by atoms with Crippen molar-refractivity contribution in [2.24, 2.45) is 0 Å². The lowest BCUT2D eigenvalue weighted by atomic mass is 10.2. The first kappa shape index (κ1) is 7.62. The van der Waals surface area contributed by atoms with Crippen molar-refractivity contribution >= 4 is 6.29 Å². The van der Waals surface area contributed by atoms with Gasteiger partial charge in [0.25, 0.3) is 0 Å². The van der Waals surface area contributed by atoms with Crippen LogP contribution in [0.15, 0.2) is 10.5 Å². The van der Waals surface area contributed by atoms with Gasteiger partial charge in [0.15, 0.2) is 6.29 Å². The fourth-order valence-electron chi connectivity index (χ4n) is 0.865. The van der Waals surface area contributed by atoms with Crippen LogP contribution in [0.3, 0.4) is 0 Å². The van der Waals surface area contributed by atoms with Gasteiger partial charge in [-0.2, -0.15) is 0 Å². The average Bonchev–Trinajstić information content (AvgIpc) is 2.32. The van der Waals surface area contributed by atoms with Crippen molar-refractivity contribution in [3.8, 4) is 12.3 Å². The van der Waals surface area contributed by atoms with E-state index < -0.39 is 0 Å². The van der Waals surface area contributed by atoms with Crippen LogP contribution in [-0.2, 0) is 6.42 Å². The van der Waals surface area contributed by atoms with Gasteiger partial charge in [-0.3, -0.25) is 4.79 Å². The molecule has 1 aromatic rings. The van der Waals surface area contributed by atoms with Crippen LogP contribution in [0, 0.1) is 19.3 Å². The molecule has 1 aromatic heterocycles. The van der Waals surface area contributed by atoms with Gasteiger partial charge >= 0.3 is 0 Å².